The van der Waals surface area contributed by atoms with Crippen molar-refractivity contribution >= 4 is 49.5 Å². The number of thiophene rings is 1. The summed E-state index contributed by atoms with van der Waals surface area (Å²) in [6, 6.07) is 17.7. The molecule has 0 unspecified atom stereocenters. The molecule has 172 valence electrons. The number of rotatable bonds is 9. The van der Waals surface area contributed by atoms with E-state index >= 15 is 0 Å². The average Bonchev–Trinajstić information content (AvgIpc) is 3.49. The number of fused-ring (bicyclic) bond motifs is 1. The predicted molar refractivity (Wildman–Crippen MR) is 133 cm³/mol. The molecule has 0 aliphatic heterocycles. The van der Waals surface area contributed by atoms with Crippen LogP contribution < -0.4 is 14.4 Å². The Morgan fingerprint density at radius 3 is 2.61 bits per heavy atom. The van der Waals surface area contributed by atoms with Crippen LogP contribution in [0.25, 0.3) is 10.9 Å². The molecule has 33 heavy (non-hydrogen) atoms. The zero-order valence-electron chi connectivity index (χ0n) is 18.4. The van der Waals surface area contributed by atoms with Crippen LogP contribution in [0.5, 0.6) is 5.75 Å². The summed E-state index contributed by atoms with van der Waals surface area (Å²) in [7, 11) is -2.09. The zero-order chi connectivity index (χ0) is 23.4. The molecular weight excluding hydrogens is 458 g/mol. The summed E-state index contributed by atoms with van der Waals surface area (Å²) in [4.78, 5) is 12.3. The van der Waals surface area contributed by atoms with Crippen LogP contribution in [0.4, 0.5) is 11.4 Å². The third-order valence-corrected chi connectivity index (χ3v) is 8.36. The number of sulfonamides is 1. The number of nitrogens with zero attached hydrogens (tertiary/aromatic N) is 2. The molecule has 0 radical (unpaired) electrons. The molecule has 0 saturated carbocycles. The molecule has 0 aliphatic rings. The topological polar surface area (TPSA) is 80.6 Å². The number of benzene rings is 2. The summed E-state index contributed by atoms with van der Waals surface area (Å²) < 4.78 is 34.5. The Bertz CT molecular complexity index is 1340. The summed E-state index contributed by atoms with van der Waals surface area (Å²) >= 11 is 1.17. The van der Waals surface area contributed by atoms with Gasteiger partial charge in [0.25, 0.3) is 15.9 Å². The minimum Gasteiger partial charge on any atom is -0.484 e. The molecule has 0 saturated heterocycles. The van der Waals surface area contributed by atoms with Gasteiger partial charge in [-0.2, -0.15) is 0 Å². The standard InChI is InChI=1S/C24H25N3O4S2/c1-3-13-27-14-12-18-16-19(6-11-22(18)27)25-23(28)17-31-21-9-7-20(8-10-21)26(2)33(29,30)24-5-4-15-32-24/h4-12,14-16H,3,13,17H2,1-2H3,(H,25,28). The zero-order valence-corrected chi connectivity index (χ0v) is 20.0. The van der Waals surface area contributed by atoms with Crippen molar-refractivity contribution in [1.82, 2.24) is 4.57 Å². The number of anilines is 2. The van der Waals surface area contributed by atoms with Gasteiger partial charge in [0.05, 0.1) is 5.69 Å². The Labute approximate surface area is 197 Å². The Hall–Kier alpha value is -3.30. The smallest absolute Gasteiger partial charge is 0.273 e. The lowest BCUT2D eigenvalue weighted by Crippen LogP contribution is -2.25. The second kappa shape index (κ2) is 9.68. The Kier molecular flexibility index (Phi) is 6.71. The second-order valence-corrected chi connectivity index (χ2v) is 10.7. The Balaban J connectivity index is 1.34. The quantitative estimate of drug-likeness (QED) is 0.365. The first-order valence-corrected chi connectivity index (χ1v) is 12.8. The molecule has 7 nitrogen and oxygen atoms in total. The van der Waals surface area contributed by atoms with Crippen molar-refractivity contribution in [2.75, 3.05) is 23.3 Å². The number of hydrogen-bond acceptors (Lipinski definition) is 5. The highest BCUT2D eigenvalue weighted by Crippen LogP contribution is 2.26. The van der Waals surface area contributed by atoms with Gasteiger partial charge in [0.1, 0.15) is 9.96 Å². The van der Waals surface area contributed by atoms with E-state index in [0.717, 1.165) is 23.9 Å². The number of carbonyl (C=O) groups is 1. The molecule has 1 amide bonds. The first-order chi connectivity index (χ1) is 15.9. The van der Waals surface area contributed by atoms with E-state index in [-0.39, 0.29) is 16.7 Å². The number of ether oxygens (including phenoxy) is 1. The Morgan fingerprint density at radius 2 is 1.91 bits per heavy atom. The van der Waals surface area contributed by atoms with E-state index in [9.17, 15) is 13.2 Å². The highest BCUT2D eigenvalue weighted by molar-refractivity contribution is 7.94. The third-order valence-electron chi connectivity index (χ3n) is 5.20. The van der Waals surface area contributed by atoms with Crippen molar-refractivity contribution in [2.24, 2.45) is 0 Å². The maximum atomic E-state index is 12.6. The summed E-state index contributed by atoms with van der Waals surface area (Å²) in [6.45, 7) is 2.94. The second-order valence-electron chi connectivity index (χ2n) is 7.52. The van der Waals surface area contributed by atoms with E-state index in [4.69, 9.17) is 4.74 Å². The van der Waals surface area contributed by atoms with Gasteiger partial charge in [0.15, 0.2) is 6.61 Å². The summed E-state index contributed by atoms with van der Waals surface area (Å²) in [5.74, 6) is 0.201. The van der Waals surface area contributed by atoms with Gasteiger partial charge in [-0.25, -0.2) is 8.42 Å². The lowest BCUT2D eigenvalue weighted by molar-refractivity contribution is -0.118. The lowest BCUT2D eigenvalue weighted by Gasteiger charge is -2.18. The van der Waals surface area contributed by atoms with E-state index in [2.05, 4.69) is 23.0 Å². The van der Waals surface area contributed by atoms with Gasteiger partial charge in [0, 0.05) is 36.4 Å². The fraction of sp³-hybridized carbons (Fsp3) is 0.208. The van der Waals surface area contributed by atoms with Crippen molar-refractivity contribution < 1.29 is 17.9 Å². The van der Waals surface area contributed by atoms with Crippen LogP contribution in [0.1, 0.15) is 13.3 Å². The number of nitrogens with one attached hydrogen (secondary N) is 1. The van der Waals surface area contributed by atoms with Crippen molar-refractivity contribution in [2.45, 2.75) is 24.1 Å². The van der Waals surface area contributed by atoms with Crippen LogP contribution in [0.3, 0.4) is 0 Å². The average molecular weight is 484 g/mol. The number of amides is 1. The number of carbonyl (C=O) groups excluding carboxylic acids is 1. The van der Waals surface area contributed by atoms with Gasteiger partial charge < -0.3 is 14.6 Å². The molecule has 2 aromatic carbocycles. The van der Waals surface area contributed by atoms with Crippen LogP contribution in [0, 0.1) is 0 Å². The van der Waals surface area contributed by atoms with E-state index in [0.29, 0.717) is 17.1 Å². The van der Waals surface area contributed by atoms with E-state index in [1.54, 1.807) is 41.8 Å². The molecule has 4 rings (SSSR count). The highest BCUT2D eigenvalue weighted by atomic mass is 32.2. The van der Waals surface area contributed by atoms with E-state index in [1.807, 2.05) is 24.3 Å². The van der Waals surface area contributed by atoms with Gasteiger partial charge in [-0.15, -0.1) is 11.3 Å². The third kappa shape index (κ3) is 5.04. The number of hydrogen-bond donors (Lipinski definition) is 1. The molecule has 0 fully saturated rings. The lowest BCUT2D eigenvalue weighted by atomic mass is 10.2. The van der Waals surface area contributed by atoms with Gasteiger partial charge >= 0.3 is 0 Å². The fourth-order valence-corrected chi connectivity index (χ4v) is 5.85. The summed E-state index contributed by atoms with van der Waals surface area (Å²) in [5, 5.41) is 5.65. The minimum atomic E-state index is -3.59. The highest BCUT2D eigenvalue weighted by Gasteiger charge is 2.22. The Morgan fingerprint density at radius 1 is 1.12 bits per heavy atom. The van der Waals surface area contributed by atoms with Crippen molar-refractivity contribution in [3.05, 3.63) is 72.2 Å². The summed E-state index contributed by atoms with van der Waals surface area (Å²) in [6.07, 6.45) is 3.11. The maximum absolute atomic E-state index is 12.6. The first kappa shape index (κ1) is 22.9. The van der Waals surface area contributed by atoms with Crippen LogP contribution in [-0.4, -0.2) is 32.5 Å². The minimum absolute atomic E-state index is 0.155. The monoisotopic (exact) mass is 483 g/mol. The molecule has 2 heterocycles. The molecule has 0 atom stereocenters. The SMILES string of the molecule is CCCn1ccc2cc(NC(=O)COc3ccc(N(C)S(=O)(=O)c4cccs4)cc3)ccc21. The number of aryl methyl sites for hydroxylation is 1. The van der Waals surface area contributed by atoms with Gasteiger partial charge in [-0.1, -0.05) is 13.0 Å². The van der Waals surface area contributed by atoms with Crippen LogP contribution >= 0.6 is 11.3 Å². The van der Waals surface area contributed by atoms with Crippen LogP contribution in [0.2, 0.25) is 0 Å². The summed E-state index contributed by atoms with van der Waals surface area (Å²) in [5.41, 5.74) is 2.35. The number of aromatic nitrogens is 1. The van der Waals surface area contributed by atoms with Gasteiger partial charge in [0.2, 0.25) is 0 Å². The largest absolute Gasteiger partial charge is 0.484 e. The molecule has 9 heteroatoms. The van der Waals surface area contributed by atoms with Crippen molar-refractivity contribution in [3.63, 3.8) is 0 Å². The van der Waals surface area contributed by atoms with E-state index in [1.165, 1.54) is 22.7 Å². The van der Waals surface area contributed by atoms with Crippen LogP contribution in [-0.2, 0) is 21.4 Å². The normalized spacial score (nSPS) is 11.5. The molecule has 0 spiro atoms. The van der Waals surface area contributed by atoms with Crippen molar-refractivity contribution in [1.29, 1.82) is 0 Å². The first-order valence-electron chi connectivity index (χ1n) is 10.5. The molecule has 4 aromatic rings. The molecule has 2 aromatic heterocycles. The molecule has 0 aliphatic carbocycles. The predicted octanol–water partition coefficient (Wildman–Crippen LogP) is 4.96. The molecular formula is C24H25N3O4S2. The fourth-order valence-electron chi connectivity index (χ4n) is 3.50. The van der Waals surface area contributed by atoms with E-state index < -0.39 is 10.0 Å². The molecule has 1 N–H and O–H groups in total. The van der Waals surface area contributed by atoms with Crippen molar-refractivity contribution in [3.8, 4) is 5.75 Å². The molecule has 0 bridgehead atoms. The van der Waals surface area contributed by atoms with Crippen LogP contribution in [0.15, 0.2) is 76.4 Å². The maximum Gasteiger partial charge on any atom is 0.273 e. The van der Waals surface area contributed by atoms with Gasteiger partial charge in [-0.3, -0.25) is 9.10 Å². The van der Waals surface area contributed by atoms with Gasteiger partial charge in [-0.05, 0) is 66.4 Å².